The van der Waals surface area contributed by atoms with Crippen LogP contribution in [-0.2, 0) is 14.4 Å². The van der Waals surface area contributed by atoms with Gasteiger partial charge in [0.05, 0.1) is 24.1 Å². The summed E-state index contributed by atoms with van der Waals surface area (Å²) in [6.07, 6.45) is -0.418. The smallest absolute Gasteiger partial charge is 0.244 e. The van der Waals surface area contributed by atoms with Crippen LogP contribution in [0.15, 0.2) is 77.3 Å². The van der Waals surface area contributed by atoms with E-state index in [9.17, 15) is 9.59 Å². The van der Waals surface area contributed by atoms with Crippen molar-refractivity contribution in [2.45, 2.75) is 25.1 Å². The molecule has 2 N–H and O–H groups in total. The first-order valence-electron chi connectivity index (χ1n) is 11.0. The zero-order valence-electron chi connectivity index (χ0n) is 18.4. The Kier molecular flexibility index (Phi) is 6.44. The Morgan fingerprint density at radius 3 is 2.56 bits per heavy atom. The Labute approximate surface area is 211 Å². The Bertz CT molecular complexity index is 1240. The number of carbonyl (C=O) groups excluding carboxylic acids is 2. The highest BCUT2D eigenvalue weighted by molar-refractivity contribution is 9.10. The van der Waals surface area contributed by atoms with E-state index in [0.29, 0.717) is 10.7 Å². The lowest BCUT2D eigenvalue weighted by atomic mass is 9.87. The number of hydrogen-bond acceptors (Lipinski definition) is 4. The number of nitrogens with zero attached hydrogens (tertiary/aromatic N) is 1. The van der Waals surface area contributed by atoms with Crippen molar-refractivity contribution >= 4 is 45.0 Å². The van der Waals surface area contributed by atoms with Gasteiger partial charge in [0.2, 0.25) is 11.8 Å². The van der Waals surface area contributed by atoms with Crippen molar-refractivity contribution < 1.29 is 14.4 Å². The summed E-state index contributed by atoms with van der Waals surface area (Å²) < 4.78 is 0.865. The van der Waals surface area contributed by atoms with Crippen molar-refractivity contribution in [1.29, 1.82) is 0 Å². The largest absolute Gasteiger partial charge is 0.324 e. The molecule has 8 heteroatoms. The van der Waals surface area contributed by atoms with Crippen LogP contribution in [0.25, 0.3) is 0 Å². The minimum atomic E-state index is -0.576. The molecule has 4 atom stereocenters. The number of carbonyl (C=O) groups is 2. The van der Waals surface area contributed by atoms with Gasteiger partial charge in [-0.3, -0.25) is 14.4 Å². The quantitative estimate of drug-likeness (QED) is 0.476. The highest BCUT2D eigenvalue weighted by atomic mass is 79.9. The van der Waals surface area contributed by atoms with Crippen molar-refractivity contribution in [2.24, 2.45) is 5.92 Å². The monoisotopic (exact) mass is 539 g/mol. The van der Waals surface area contributed by atoms with E-state index in [1.165, 1.54) is 0 Å². The third kappa shape index (κ3) is 4.25. The molecule has 0 aliphatic carbocycles. The van der Waals surface area contributed by atoms with Crippen molar-refractivity contribution in [1.82, 2.24) is 10.4 Å². The Hall–Kier alpha value is -2.71. The number of benzene rings is 3. The van der Waals surface area contributed by atoms with Crippen LogP contribution in [0.4, 0.5) is 5.69 Å². The molecule has 0 radical (unpaired) electrons. The first-order valence-corrected chi connectivity index (χ1v) is 12.2. The van der Waals surface area contributed by atoms with Crippen LogP contribution >= 0.6 is 27.5 Å². The summed E-state index contributed by atoms with van der Waals surface area (Å²) in [6, 6.07) is 22.0. The number of amides is 2. The van der Waals surface area contributed by atoms with Crippen LogP contribution in [0.5, 0.6) is 0 Å². The molecular formula is C26H23BrClN3O3. The Morgan fingerprint density at radius 1 is 1.06 bits per heavy atom. The average molecular weight is 541 g/mol. The summed E-state index contributed by atoms with van der Waals surface area (Å²) in [4.78, 5) is 34.6. The number of hydroxylamine groups is 1. The number of rotatable bonds is 3. The molecule has 1 saturated heterocycles. The SMILES string of the molecule is CC1ONC(c2ccccc2Cl)C1C(=O)N1CC(=O)Nc2ccc(Br)cc2C1c1ccccc1. The summed E-state index contributed by atoms with van der Waals surface area (Å²) in [5, 5.41) is 3.52. The van der Waals surface area contributed by atoms with E-state index in [4.69, 9.17) is 16.4 Å². The van der Waals surface area contributed by atoms with Crippen molar-refractivity contribution in [3.8, 4) is 0 Å². The summed E-state index contributed by atoms with van der Waals surface area (Å²) >= 11 is 10.0. The molecule has 5 rings (SSSR count). The molecule has 3 aromatic rings. The fraction of sp³-hybridized carbons (Fsp3) is 0.231. The number of halogens is 2. The highest BCUT2D eigenvalue weighted by Gasteiger charge is 2.46. The van der Waals surface area contributed by atoms with Gasteiger partial charge in [0.25, 0.3) is 0 Å². The summed E-state index contributed by atoms with van der Waals surface area (Å²) in [7, 11) is 0. The van der Waals surface area contributed by atoms with Gasteiger partial charge in [-0.1, -0.05) is 76.1 Å². The molecule has 4 unspecified atom stereocenters. The van der Waals surface area contributed by atoms with Crippen LogP contribution in [0.2, 0.25) is 5.02 Å². The topological polar surface area (TPSA) is 70.7 Å². The van der Waals surface area contributed by atoms with Gasteiger partial charge >= 0.3 is 0 Å². The molecule has 0 bridgehead atoms. The minimum Gasteiger partial charge on any atom is -0.324 e. The molecule has 1 fully saturated rings. The first kappa shape index (κ1) is 23.1. The minimum absolute atomic E-state index is 0.0802. The van der Waals surface area contributed by atoms with Crippen LogP contribution in [0, 0.1) is 5.92 Å². The molecule has 3 aromatic carbocycles. The molecule has 0 aromatic heterocycles. The molecule has 2 amide bonds. The van der Waals surface area contributed by atoms with E-state index in [-0.39, 0.29) is 18.4 Å². The molecule has 174 valence electrons. The fourth-order valence-electron chi connectivity index (χ4n) is 4.79. The van der Waals surface area contributed by atoms with Crippen LogP contribution in [0.1, 0.15) is 35.7 Å². The van der Waals surface area contributed by atoms with E-state index in [1.807, 2.05) is 73.7 Å². The molecular weight excluding hydrogens is 518 g/mol. The van der Waals surface area contributed by atoms with Crippen molar-refractivity contribution in [3.63, 3.8) is 0 Å². The van der Waals surface area contributed by atoms with Crippen LogP contribution < -0.4 is 10.8 Å². The second-order valence-electron chi connectivity index (χ2n) is 8.52. The number of anilines is 1. The normalized spacial score (nSPS) is 24.3. The van der Waals surface area contributed by atoms with E-state index >= 15 is 0 Å². The zero-order chi connectivity index (χ0) is 23.8. The molecule has 2 heterocycles. The molecule has 2 aliphatic heterocycles. The van der Waals surface area contributed by atoms with Crippen LogP contribution in [-0.4, -0.2) is 29.4 Å². The van der Waals surface area contributed by atoms with E-state index < -0.39 is 24.1 Å². The predicted octanol–water partition coefficient (Wildman–Crippen LogP) is 5.25. The third-order valence-electron chi connectivity index (χ3n) is 6.38. The van der Waals surface area contributed by atoms with Gasteiger partial charge in [-0.25, -0.2) is 0 Å². The number of fused-ring (bicyclic) bond motifs is 1. The molecule has 6 nitrogen and oxygen atoms in total. The Balaban J connectivity index is 1.62. The van der Waals surface area contributed by atoms with E-state index in [2.05, 4.69) is 26.7 Å². The van der Waals surface area contributed by atoms with Crippen LogP contribution in [0.3, 0.4) is 0 Å². The highest BCUT2D eigenvalue weighted by Crippen LogP contribution is 2.42. The van der Waals surface area contributed by atoms with Gasteiger partial charge in [0.15, 0.2) is 0 Å². The zero-order valence-corrected chi connectivity index (χ0v) is 20.7. The maximum Gasteiger partial charge on any atom is 0.244 e. The summed E-state index contributed by atoms with van der Waals surface area (Å²) in [6.45, 7) is 1.77. The van der Waals surface area contributed by atoms with Gasteiger partial charge < -0.3 is 10.2 Å². The maximum absolute atomic E-state index is 14.3. The average Bonchev–Trinajstić information content (AvgIpc) is 3.14. The van der Waals surface area contributed by atoms with E-state index in [0.717, 1.165) is 21.2 Å². The van der Waals surface area contributed by atoms with Gasteiger partial charge in [-0.15, -0.1) is 0 Å². The van der Waals surface area contributed by atoms with Crippen molar-refractivity contribution in [2.75, 3.05) is 11.9 Å². The first-order chi connectivity index (χ1) is 16.4. The van der Waals surface area contributed by atoms with Gasteiger partial charge in [0.1, 0.15) is 6.54 Å². The van der Waals surface area contributed by atoms with Gasteiger partial charge in [-0.05, 0) is 42.3 Å². The molecule has 0 saturated carbocycles. The lowest BCUT2D eigenvalue weighted by molar-refractivity contribution is -0.141. The Morgan fingerprint density at radius 2 is 1.79 bits per heavy atom. The van der Waals surface area contributed by atoms with Crippen molar-refractivity contribution in [3.05, 3.63) is 99.0 Å². The molecule has 34 heavy (non-hydrogen) atoms. The molecule has 2 aliphatic rings. The number of hydrogen-bond donors (Lipinski definition) is 2. The standard InChI is InChI=1S/C26H23BrClN3O3/c1-15-23(24(30-34-15)18-9-5-6-10-20(18)28)26(33)31-14-22(32)29-21-12-11-17(27)13-19(21)25(31)16-7-3-2-4-8-16/h2-13,15,23-25,30H,14H2,1H3,(H,29,32). The second-order valence-corrected chi connectivity index (χ2v) is 9.85. The number of nitrogens with one attached hydrogen (secondary N) is 2. The predicted molar refractivity (Wildman–Crippen MR) is 134 cm³/mol. The lowest BCUT2D eigenvalue weighted by Crippen LogP contribution is -2.45. The fourth-order valence-corrected chi connectivity index (χ4v) is 5.43. The summed E-state index contributed by atoms with van der Waals surface area (Å²) in [5.74, 6) is -1.00. The van der Waals surface area contributed by atoms with E-state index in [1.54, 1.807) is 11.0 Å². The third-order valence-corrected chi connectivity index (χ3v) is 7.21. The molecule has 0 spiro atoms. The summed E-state index contributed by atoms with van der Waals surface area (Å²) in [5.41, 5.74) is 6.23. The lowest BCUT2D eigenvalue weighted by Gasteiger charge is -2.34. The second kappa shape index (κ2) is 9.50. The van der Waals surface area contributed by atoms with Gasteiger partial charge in [0, 0.05) is 20.7 Å². The van der Waals surface area contributed by atoms with Gasteiger partial charge in [-0.2, -0.15) is 5.48 Å². The maximum atomic E-state index is 14.3.